The number of nitrogens with one attached hydrogen (secondary N) is 2. The molecule has 1 atom stereocenters. The van der Waals surface area contributed by atoms with E-state index < -0.39 is 0 Å². The third-order valence-corrected chi connectivity index (χ3v) is 3.95. The fourth-order valence-corrected chi connectivity index (χ4v) is 2.53. The van der Waals surface area contributed by atoms with Crippen molar-refractivity contribution in [3.8, 4) is 0 Å². The zero-order chi connectivity index (χ0) is 13.7. The summed E-state index contributed by atoms with van der Waals surface area (Å²) in [4.78, 5) is 9.00. The quantitative estimate of drug-likeness (QED) is 0.562. The lowest BCUT2D eigenvalue weighted by Gasteiger charge is -2.18. The van der Waals surface area contributed by atoms with E-state index in [0.29, 0.717) is 6.04 Å². The molecule has 0 radical (unpaired) electrons. The van der Waals surface area contributed by atoms with Gasteiger partial charge in [0.05, 0.1) is 0 Å². The summed E-state index contributed by atoms with van der Waals surface area (Å²) in [6.45, 7) is 5.20. The molecule has 1 aliphatic rings. The number of thioether (sulfide) groups is 1. The normalized spacial score (nSPS) is 16.2. The standard InChI is InChI=1S/C14H24N4S/c1-4-11(8-10-6-7-10)16-13-9-12(15-5-2)17-14(18-13)19-3/h9-11H,4-8H2,1-3H3,(H2,15,16,17,18). The van der Waals surface area contributed by atoms with Gasteiger partial charge in [0.15, 0.2) is 5.16 Å². The van der Waals surface area contributed by atoms with E-state index in [2.05, 4.69) is 34.4 Å². The maximum Gasteiger partial charge on any atom is 0.191 e. The number of aromatic nitrogens is 2. The maximum atomic E-state index is 4.55. The summed E-state index contributed by atoms with van der Waals surface area (Å²) in [6, 6.07) is 2.55. The van der Waals surface area contributed by atoms with Gasteiger partial charge in [0.2, 0.25) is 0 Å². The van der Waals surface area contributed by atoms with Crippen molar-refractivity contribution in [1.82, 2.24) is 9.97 Å². The molecule has 0 aromatic carbocycles. The number of hydrogen-bond donors (Lipinski definition) is 2. The van der Waals surface area contributed by atoms with Crippen LogP contribution in [-0.4, -0.2) is 28.8 Å². The van der Waals surface area contributed by atoms with Gasteiger partial charge in [0.25, 0.3) is 0 Å². The van der Waals surface area contributed by atoms with Crippen LogP contribution < -0.4 is 10.6 Å². The van der Waals surface area contributed by atoms with E-state index >= 15 is 0 Å². The molecule has 2 rings (SSSR count). The molecule has 1 saturated carbocycles. The van der Waals surface area contributed by atoms with Gasteiger partial charge >= 0.3 is 0 Å². The van der Waals surface area contributed by atoms with Gasteiger partial charge in [-0.2, -0.15) is 0 Å². The molecule has 5 heteroatoms. The first-order chi connectivity index (χ1) is 9.25. The summed E-state index contributed by atoms with van der Waals surface area (Å²) < 4.78 is 0. The average molecular weight is 280 g/mol. The minimum atomic E-state index is 0.534. The molecule has 2 N–H and O–H groups in total. The third kappa shape index (κ3) is 4.56. The fourth-order valence-electron chi connectivity index (χ4n) is 2.15. The Bertz CT molecular complexity index is 406. The van der Waals surface area contributed by atoms with E-state index in [1.54, 1.807) is 11.8 Å². The first-order valence-electron chi connectivity index (χ1n) is 7.18. The van der Waals surface area contributed by atoms with Crippen molar-refractivity contribution in [3.05, 3.63) is 6.07 Å². The molecule has 0 aliphatic heterocycles. The van der Waals surface area contributed by atoms with Crippen molar-refractivity contribution in [2.24, 2.45) is 5.92 Å². The van der Waals surface area contributed by atoms with Crippen LogP contribution in [0.25, 0.3) is 0 Å². The van der Waals surface area contributed by atoms with E-state index in [4.69, 9.17) is 0 Å². The number of hydrogen-bond acceptors (Lipinski definition) is 5. The molecule has 1 unspecified atom stereocenters. The van der Waals surface area contributed by atoms with Crippen LogP contribution in [0.3, 0.4) is 0 Å². The Balaban J connectivity index is 2.05. The van der Waals surface area contributed by atoms with Gasteiger partial charge in [-0.25, -0.2) is 9.97 Å². The Hall–Kier alpha value is -0.970. The van der Waals surface area contributed by atoms with Crippen LogP contribution in [0, 0.1) is 5.92 Å². The highest BCUT2D eigenvalue weighted by molar-refractivity contribution is 7.98. The first kappa shape index (κ1) is 14.4. The van der Waals surface area contributed by atoms with Gasteiger partial charge < -0.3 is 10.6 Å². The largest absolute Gasteiger partial charge is 0.370 e. The molecule has 1 heterocycles. The van der Waals surface area contributed by atoms with Gasteiger partial charge in [-0.1, -0.05) is 31.5 Å². The number of rotatable bonds is 8. The molecule has 106 valence electrons. The van der Waals surface area contributed by atoms with Crippen LogP contribution in [0.2, 0.25) is 0 Å². The second kappa shape index (κ2) is 6.98. The molecule has 0 saturated heterocycles. The maximum absolute atomic E-state index is 4.55. The van der Waals surface area contributed by atoms with Crippen molar-refractivity contribution >= 4 is 23.4 Å². The molecule has 1 fully saturated rings. The highest BCUT2D eigenvalue weighted by Gasteiger charge is 2.24. The number of nitrogens with zero attached hydrogens (tertiary/aromatic N) is 2. The summed E-state index contributed by atoms with van der Waals surface area (Å²) in [5.41, 5.74) is 0. The molecule has 0 bridgehead atoms. The lowest BCUT2D eigenvalue weighted by molar-refractivity contribution is 0.584. The zero-order valence-electron chi connectivity index (χ0n) is 12.1. The van der Waals surface area contributed by atoms with Crippen molar-refractivity contribution < 1.29 is 0 Å². The summed E-state index contributed by atoms with van der Waals surface area (Å²) in [7, 11) is 0. The molecule has 4 nitrogen and oxygen atoms in total. The summed E-state index contributed by atoms with van der Waals surface area (Å²) in [5, 5.41) is 7.65. The van der Waals surface area contributed by atoms with E-state index in [9.17, 15) is 0 Å². The topological polar surface area (TPSA) is 49.8 Å². The van der Waals surface area contributed by atoms with Crippen molar-refractivity contribution in [3.63, 3.8) is 0 Å². The summed E-state index contributed by atoms with van der Waals surface area (Å²) >= 11 is 1.58. The number of anilines is 2. The van der Waals surface area contributed by atoms with Crippen molar-refractivity contribution in [2.45, 2.75) is 50.7 Å². The van der Waals surface area contributed by atoms with Gasteiger partial charge in [0.1, 0.15) is 11.6 Å². The molecular weight excluding hydrogens is 256 g/mol. The molecule has 19 heavy (non-hydrogen) atoms. The van der Waals surface area contributed by atoms with Crippen LogP contribution in [0.4, 0.5) is 11.6 Å². The predicted octanol–water partition coefficient (Wildman–Crippen LogP) is 3.62. The van der Waals surface area contributed by atoms with Gasteiger partial charge in [-0.15, -0.1) is 0 Å². The van der Waals surface area contributed by atoms with Crippen LogP contribution in [-0.2, 0) is 0 Å². The highest BCUT2D eigenvalue weighted by Crippen LogP contribution is 2.34. The van der Waals surface area contributed by atoms with Crippen LogP contribution in [0.15, 0.2) is 11.2 Å². The SMILES string of the molecule is CCNc1cc(NC(CC)CC2CC2)nc(SC)n1. The van der Waals surface area contributed by atoms with E-state index in [1.165, 1.54) is 19.3 Å². The zero-order valence-corrected chi connectivity index (χ0v) is 12.9. The van der Waals surface area contributed by atoms with E-state index in [0.717, 1.165) is 35.7 Å². The summed E-state index contributed by atoms with van der Waals surface area (Å²) in [6.07, 6.45) is 7.23. The van der Waals surface area contributed by atoms with Crippen LogP contribution in [0.1, 0.15) is 39.5 Å². The van der Waals surface area contributed by atoms with Crippen LogP contribution in [0.5, 0.6) is 0 Å². The lowest BCUT2D eigenvalue weighted by Crippen LogP contribution is -2.20. The molecule has 0 spiro atoms. The Labute approximate surface area is 120 Å². The molecule has 1 aromatic heterocycles. The molecule has 1 aromatic rings. The minimum Gasteiger partial charge on any atom is -0.370 e. The minimum absolute atomic E-state index is 0.534. The highest BCUT2D eigenvalue weighted by atomic mass is 32.2. The molecule has 0 amide bonds. The Kier molecular flexibility index (Phi) is 5.31. The Morgan fingerprint density at radius 3 is 2.63 bits per heavy atom. The van der Waals surface area contributed by atoms with Crippen molar-refractivity contribution in [1.29, 1.82) is 0 Å². The second-order valence-corrected chi connectivity index (χ2v) is 5.86. The predicted molar refractivity (Wildman–Crippen MR) is 83.0 cm³/mol. The van der Waals surface area contributed by atoms with Gasteiger partial charge in [-0.3, -0.25) is 0 Å². The monoisotopic (exact) mass is 280 g/mol. The van der Waals surface area contributed by atoms with Crippen LogP contribution >= 0.6 is 11.8 Å². The summed E-state index contributed by atoms with van der Waals surface area (Å²) in [5.74, 6) is 2.79. The van der Waals surface area contributed by atoms with Gasteiger partial charge in [0, 0.05) is 18.7 Å². The third-order valence-electron chi connectivity index (χ3n) is 3.41. The van der Waals surface area contributed by atoms with Gasteiger partial charge in [-0.05, 0) is 31.9 Å². The lowest BCUT2D eigenvalue weighted by atomic mass is 10.1. The fraction of sp³-hybridized carbons (Fsp3) is 0.714. The Morgan fingerprint density at radius 1 is 1.32 bits per heavy atom. The van der Waals surface area contributed by atoms with E-state index in [1.807, 2.05) is 12.3 Å². The Morgan fingerprint density at radius 2 is 2.05 bits per heavy atom. The van der Waals surface area contributed by atoms with Crippen molar-refractivity contribution in [2.75, 3.05) is 23.4 Å². The smallest absolute Gasteiger partial charge is 0.191 e. The van der Waals surface area contributed by atoms with E-state index in [-0.39, 0.29) is 0 Å². The molecular formula is C14H24N4S. The molecule has 1 aliphatic carbocycles. The first-order valence-corrected chi connectivity index (χ1v) is 8.41. The average Bonchev–Trinajstić information content (AvgIpc) is 3.22. The second-order valence-electron chi connectivity index (χ2n) is 5.08.